The van der Waals surface area contributed by atoms with Crippen LogP contribution in [0.2, 0.25) is 0 Å². The Morgan fingerprint density at radius 1 is 1.30 bits per heavy atom. The molecule has 2 heterocycles. The van der Waals surface area contributed by atoms with E-state index in [1.54, 1.807) is 0 Å². The predicted octanol–water partition coefficient (Wildman–Crippen LogP) is -0.440. The molecule has 110 valence electrons. The molecule has 20 heavy (non-hydrogen) atoms. The summed E-state index contributed by atoms with van der Waals surface area (Å²) in [6.45, 7) is -0.344. The molecule has 0 N–H and O–H groups in total. The highest BCUT2D eigenvalue weighted by Gasteiger charge is 2.31. The Bertz CT molecular complexity index is 835. The minimum Gasteiger partial charge on any atom is -0.245 e. The predicted molar refractivity (Wildman–Crippen MR) is 58.9 cm³/mol. The maximum absolute atomic E-state index is 12.3. The lowest BCUT2D eigenvalue weighted by molar-refractivity contribution is -0.144. The highest BCUT2D eigenvalue weighted by Crippen LogP contribution is 2.16. The van der Waals surface area contributed by atoms with Crippen LogP contribution in [0.3, 0.4) is 0 Å². The fourth-order valence-electron chi connectivity index (χ4n) is 1.58. The van der Waals surface area contributed by atoms with Crippen LogP contribution in [-0.2, 0) is 16.4 Å². The lowest BCUT2D eigenvalue weighted by Crippen LogP contribution is -2.35. The van der Waals surface area contributed by atoms with Gasteiger partial charge < -0.3 is 0 Å². The summed E-state index contributed by atoms with van der Waals surface area (Å²) in [5.41, 5.74) is -1.55. The van der Waals surface area contributed by atoms with E-state index in [1.165, 1.54) is 6.92 Å². The summed E-state index contributed by atoms with van der Waals surface area (Å²) in [5, 5.41) is 5.93. The molecule has 0 aliphatic carbocycles. The molecule has 2 aromatic heterocycles. The van der Waals surface area contributed by atoms with Gasteiger partial charge in [-0.3, -0.25) is 0 Å². The Morgan fingerprint density at radius 3 is 2.40 bits per heavy atom. The summed E-state index contributed by atoms with van der Waals surface area (Å²) in [7, 11) is -3.78. The highest BCUT2D eigenvalue weighted by molar-refractivity contribution is 7.90. The first-order valence-corrected chi connectivity index (χ1v) is 6.99. The molecule has 0 aliphatic rings. The van der Waals surface area contributed by atoms with Gasteiger partial charge in [0.2, 0.25) is 10.7 Å². The largest absolute Gasteiger partial charge is 0.408 e. The molecule has 2 aromatic rings. The zero-order valence-electron chi connectivity index (χ0n) is 10.2. The molecule has 2 rings (SSSR count). The van der Waals surface area contributed by atoms with E-state index in [1.807, 2.05) is 0 Å². The topological polar surface area (TPSA) is 99.2 Å². The second-order valence-corrected chi connectivity index (χ2v) is 5.97. The Labute approximate surface area is 109 Å². The fourth-order valence-corrected chi connectivity index (χ4v) is 2.34. The number of halogens is 3. The molecule has 8 nitrogen and oxygen atoms in total. The van der Waals surface area contributed by atoms with Gasteiger partial charge >= 0.3 is 11.9 Å². The monoisotopic (exact) mass is 311 g/mol. The first-order valence-electron chi connectivity index (χ1n) is 5.10. The highest BCUT2D eigenvalue weighted by atomic mass is 32.2. The van der Waals surface area contributed by atoms with Crippen LogP contribution in [0.5, 0.6) is 0 Å². The number of alkyl halides is 3. The van der Waals surface area contributed by atoms with Crippen molar-refractivity contribution in [3.05, 3.63) is 16.3 Å². The third-order valence-corrected chi connectivity index (χ3v) is 3.31. The molecular weight excluding hydrogens is 303 g/mol. The minimum absolute atomic E-state index is 0.0868. The van der Waals surface area contributed by atoms with Crippen molar-refractivity contribution in [2.75, 3.05) is 6.26 Å². The number of hydrogen-bond acceptors (Lipinski definition) is 6. The summed E-state index contributed by atoms with van der Waals surface area (Å²) in [6, 6.07) is 0. The van der Waals surface area contributed by atoms with E-state index in [0.717, 1.165) is 6.26 Å². The lowest BCUT2D eigenvalue weighted by Gasteiger charge is -2.07. The molecule has 0 radical (unpaired) electrons. The summed E-state index contributed by atoms with van der Waals surface area (Å²) >= 11 is 0. The van der Waals surface area contributed by atoms with E-state index in [2.05, 4.69) is 15.3 Å². The first-order chi connectivity index (χ1) is 9.00. The van der Waals surface area contributed by atoms with Gasteiger partial charge in [-0.05, 0) is 6.92 Å². The van der Waals surface area contributed by atoms with E-state index in [9.17, 15) is 26.4 Å². The molecule has 0 saturated heterocycles. The van der Waals surface area contributed by atoms with Crippen LogP contribution >= 0.6 is 0 Å². The van der Waals surface area contributed by atoms with Crippen LogP contribution in [-0.4, -0.2) is 45.2 Å². The van der Waals surface area contributed by atoms with E-state index in [0.29, 0.717) is 4.40 Å². The van der Waals surface area contributed by atoms with Crippen molar-refractivity contribution in [1.82, 2.24) is 24.4 Å². The standard InChI is InChI=1S/C8H8F3N5O3S/c1-4-12-6(20(2,18)19)5-13-14-15(3-8(9,10)11)7(17)16(4)5/h3H2,1-2H3. The van der Waals surface area contributed by atoms with Crippen molar-refractivity contribution in [2.45, 2.75) is 24.7 Å². The molecule has 0 saturated carbocycles. The van der Waals surface area contributed by atoms with Gasteiger partial charge in [0.25, 0.3) is 0 Å². The van der Waals surface area contributed by atoms with Crippen molar-refractivity contribution in [3.63, 3.8) is 0 Å². The molecule has 0 unspecified atom stereocenters. The first kappa shape index (κ1) is 14.4. The van der Waals surface area contributed by atoms with Gasteiger partial charge in [0, 0.05) is 6.26 Å². The Kier molecular flexibility index (Phi) is 3.07. The minimum atomic E-state index is -4.65. The third kappa shape index (κ3) is 2.50. The van der Waals surface area contributed by atoms with Crippen molar-refractivity contribution >= 4 is 15.5 Å². The van der Waals surface area contributed by atoms with Crippen molar-refractivity contribution in [3.8, 4) is 0 Å². The number of aryl methyl sites for hydroxylation is 1. The molecule has 12 heteroatoms. The number of imidazole rings is 1. The van der Waals surface area contributed by atoms with Crippen LogP contribution in [0.15, 0.2) is 9.82 Å². The number of aromatic nitrogens is 5. The van der Waals surface area contributed by atoms with E-state index in [4.69, 9.17) is 0 Å². The van der Waals surface area contributed by atoms with Crippen molar-refractivity contribution in [1.29, 1.82) is 0 Å². The van der Waals surface area contributed by atoms with E-state index >= 15 is 0 Å². The molecular formula is C8H8F3N5O3S. The molecule has 0 fully saturated rings. The van der Waals surface area contributed by atoms with Crippen LogP contribution in [0.1, 0.15) is 5.82 Å². The SMILES string of the molecule is Cc1nc(S(C)(=O)=O)c2nnn(CC(F)(F)F)c(=O)n12. The third-order valence-electron chi connectivity index (χ3n) is 2.33. The summed E-state index contributed by atoms with van der Waals surface area (Å²) in [4.78, 5) is 15.5. The molecule has 0 bridgehead atoms. The van der Waals surface area contributed by atoms with Crippen LogP contribution in [0.4, 0.5) is 13.2 Å². The number of rotatable bonds is 2. The number of fused-ring (bicyclic) bond motifs is 1. The van der Waals surface area contributed by atoms with Gasteiger partial charge in [-0.15, -0.1) is 5.10 Å². The van der Waals surface area contributed by atoms with Crippen LogP contribution in [0, 0.1) is 6.92 Å². The summed E-state index contributed by atoms with van der Waals surface area (Å²) in [6.07, 6.45) is -3.81. The average Bonchev–Trinajstić information content (AvgIpc) is 2.58. The molecule has 0 atom stereocenters. The molecule has 0 aliphatic heterocycles. The summed E-state index contributed by atoms with van der Waals surface area (Å²) < 4.78 is 60.5. The number of hydrogen-bond donors (Lipinski definition) is 0. The van der Waals surface area contributed by atoms with Crippen molar-refractivity contribution < 1.29 is 21.6 Å². The van der Waals surface area contributed by atoms with Gasteiger partial charge in [0.15, 0.2) is 9.84 Å². The second kappa shape index (κ2) is 4.26. The summed E-state index contributed by atoms with van der Waals surface area (Å²) in [5.74, 6) is -0.0868. The average molecular weight is 311 g/mol. The van der Waals surface area contributed by atoms with Gasteiger partial charge in [-0.2, -0.15) is 17.9 Å². The normalized spacial score (nSPS) is 13.1. The smallest absolute Gasteiger partial charge is 0.245 e. The fraction of sp³-hybridized carbons (Fsp3) is 0.500. The van der Waals surface area contributed by atoms with Gasteiger partial charge in [-0.1, -0.05) is 5.21 Å². The maximum Gasteiger partial charge on any atom is 0.408 e. The Balaban J connectivity index is 2.76. The van der Waals surface area contributed by atoms with Crippen molar-refractivity contribution in [2.24, 2.45) is 0 Å². The molecule has 0 spiro atoms. The zero-order valence-corrected chi connectivity index (χ0v) is 11.0. The number of nitrogens with zero attached hydrogens (tertiary/aromatic N) is 5. The van der Waals surface area contributed by atoms with E-state index < -0.39 is 38.9 Å². The van der Waals surface area contributed by atoms with Gasteiger partial charge in [-0.25, -0.2) is 22.6 Å². The quantitative estimate of drug-likeness (QED) is 0.745. The second-order valence-electron chi connectivity index (χ2n) is 4.04. The van der Waals surface area contributed by atoms with Gasteiger partial charge in [0.1, 0.15) is 12.4 Å². The number of sulfone groups is 1. The maximum atomic E-state index is 12.3. The molecule has 0 amide bonds. The Hall–Kier alpha value is -1.98. The zero-order chi connectivity index (χ0) is 15.3. The van der Waals surface area contributed by atoms with Crippen LogP contribution in [0.25, 0.3) is 5.65 Å². The lowest BCUT2D eigenvalue weighted by atomic mass is 10.6. The molecule has 0 aromatic carbocycles. The van der Waals surface area contributed by atoms with Crippen LogP contribution < -0.4 is 5.69 Å². The van der Waals surface area contributed by atoms with Gasteiger partial charge in [0.05, 0.1) is 0 Å². The van der Waals surface area contributed by atoms with E-state index in [-0.39, 0.29) is 10.5 Å². The Morgan fingerprint density at radius 2 is 1.90 bits per heavy atom.